The van der Waals surface area contributed by atoms with Gasteiger partial charge in [-0.2, -0.15) is 0 Å². The molecule has 0 bridgehead atoms. The minimum Gasteiger partial charge on any atom is -0.335 e. The van der Waals surface area contributed by atoms with E-state index in [0.29, 0.717) is 13.1 Å². The molecule has 1 fully saturated rings. The summed E-state index contributed by atoms with van der Waals surface area (Å²) in [7, 11) is 1.84. The first kappa shape index (κ1) is 14.9. The van der Waals surface area contributed by atoms with Crippen LogP contribution in [0, 0.1) is 5.41 Å². The minimum absolute atomic E-state index is 0.0364. The molecule has 0 atom stereocenters. The number of likely N-dealkylation sites (N-methyl/N-ethyl adjacent to an activating group) is 1. The van der Waals surface area contributed by atoms with Gasteiger partial charge in [0.05, 0.1) is 6.54 Å². The molecule has 0 radical (unpaired) electrons. The molecule has 1 aliphatic carbocycles. The van der Waals surface area contributed by atoms with Gasteiger partial charge < -0.3 is 11.1 Å². The van der Waals surface area contributed by atoms with E-state index in [4.69, 9.17) is 5.73 Å². The average Bonchev–Trinajstić information content (AvgIpc) is 2.99. The van der Waals surface area contributed by atoms with E-state index in [1.807, 2.05) is 25.8 Å². The van der Waals surface area contributed by atoms with E-state index in [0.717, 1.165) is 12.8 Å². The molecule has 0 saturated heterocycles. The van der Waals surface area contributed by atoms with Crippen molar-refractivity contribution in [3.63, 3.8) is 0 Å². The SMILES string of the molecule is CN(CC(=O)NC(=O)NC1CC1)CC(C)(C)CN. The van der Waals surface area contributed by atoms with Crippen molar-refractivity contribution in [3.05, 3.63) is 0 Å². The minimum atomic E-state index is -0.394. The van der Waals surface area contributed by atoms with Crippen LogP contribution in [0.1, 0.15) is 26.7 Å². The van der Waals surface area contributed by atoms with E-state index in [-0.39, 0.29) is 23.9 Å². The zero-order valence-electron chi connectivity index (χ0n) is 11.5. The van der Waals surface area contributed by atoms with E-state index < -0.39 is 6.03 Å². The Kier molecular flexibility index (Phi) is 5.10. The zero-order valence-corrected chi connectivity index (χ0v) is 11.5. The second-order valence-electron chi connectivity index (χ2n) is 5.84. The molecule has 0 aromatic rings. The molecule has 104 valence electrons. The summed E-state index contributed by atoms with van der Waals surface area (Å²) in [5, 5.41) is 5.03. The first-order valence-corrected chi connectivity index (χ1v) is 6.31. The number of nitrogens with one attached hydrogen (secondary N) is 2. The average molecular weight is 256 g/mol. The summed E-state index contributed by atoms with van der Waals surface area (Å²) in [6.45, 7) is 5.55. The van der Waals surface area contributed by atoms with Crippen molar-refractivity contribution < 1.29 is 9.59 Å². The standard InChI is InChI=1S/C12H24N4O2/c1-12(2,7-13)8-16(3)6-10(17)15-11(18)14-9-4-5-9/h9H,4-8,13H2,1-3H3,(H2,14,15,17,18). The quantitative estimate of drug-likeness (QED) is 0.619. The van der Waals surface area contributed by atoms with Gasteiger partial charge in [-0.1, -0.05) is 13.8 Å². The van der Waals surface area contributed by atoms with Crippen LogP contribution in [0.15, 0.2) is 0 Å². The maximum absolute atomic E-state index is 11.6. The van der Waals surface area contributed by atoms with Gasteiger partial charge in [-0.25, -0.2) is 4.79 Å². The molecular weight excluding hydrogens is 232 g/mol. The number of hydrogen-bond acceptors (Lipinski definition) is 4. The molecular formula is C12H24N4O2. The van der Waals surface area contributed by atoms with E-state index >= 15 is 0 Å². The van der Waals surface area contributed by atoms with Crippen LogP contribution in [0.3, 0.4) is 0 Å². The molecule has 0 aromatic carbocycles. The van der Waals surface area contributed by atoms with Crippen LogP contribution < -0.4 is 16.4 Å². The van der Waals surface area contributed by atoms with Gasteiger partial charge in [0.25, 0.3) is 0 Å². The lowest BCUT2D eigenvalue weighted by molar-refractivity contribution is -0.121. The van der Waals surface area contributed by atoms with Crippen molar-refractivity contribution in [2.45, 2.75) is 32.7 Å². The van der Waals surface area contributed by atoms with E-state index in [1.54, 1.807) is 0 Å². The summed E-state index contributed by atoms with van der Waals surface area (Å²) in [5.41, 5.74) is 5.60. The van der Waals surface area contributed by atoms with Crippen molar-refractivity contribution in [2.75, 3.05) is 26.7 Å². The largest absolute Gasteiger partial charge is 0.335 e. The smallest absolute Gasteiger partial charge is 0.321 e. The molecule has 0 aliphatic heterocycles. The van der Waals surface area contributed by atoms with E-state index in [1.165, 1.54) is 0 Å². The molecule has 18 heavy (non-hydrogen) atoms. The number of carbonyl (C=O) groups is 2. The van der Waals surface area contributed by atoms with Gasteiger partial charge in [-0.05, 0) is 31.8 Å². The number of nitrogens with two attached hydrogens (primary N) is 1. The Morgan fingerprint density at radius 3 is 2.50 bits per heavy atom. The van der Waals surface area contributed by atoms with Crippen LogP contribution >= 0.6 is 0 Å². The number of urea groups is 1. The Labute approximate surface area is 108 Å². The predicted molar refractivity (Wildman–Crippen MR) is 70.0 cm³/mol. The molecule has 4 N–H and O–H groups in total. The third-order valence-electron chi connectivity index (χ3n) is 2.83. The van der Waals surface area contributed by atoms with Gasteiger partial charge in [0.15, 0.2) is 0 Å². The van der Waals surface area contributed by atoms with Gasteiger partial charge in [0.1, 0.15) is 0 Å². The second kappa shape index (κ2) is 6.15. The molecule has 0 heterocycles. The lowest BCUT2D eigenvalue weighted by Crippen LogP contribution is -2.46. The zero-order chi connectivity index (χ0) is 13.8. The predicted octanol–water partition coefficient (Wildman–Crippen LogP) is -0.109. The second-order valence-corrected chi connectivity index (χ2v) is 5.84. The molecule has 6 heteroatoms. The van der Waals surface area contributed by atoms with Crippen molar-refractivity contribution in [3.8, 4) is 0 Å². The van der Waals surface area contributed by atoms with Gasteiger partial charge in [-0.3, -0.25) is 15.0 Å². The Morgan fingerprint density at radius 2 is 2.00 bits per heavy atom. The van der Waals surface area contributed by atoms with E-state index in [9.17, 15) is 9.59 Å². The fourth-order valence-electron chi connectivity index (χ4n) is 1.71. The Hall–Kier alpha value is -1.14. The maximum atomic E-state index is 11.6. The third-order valence-corrected chi connectivity index (χ3v) is 2.83. The number of amides is 3. The highest BCUT2D eigenvalue weighted by Gasteiger charge is 2.24. The van der Waals surface area contributed by atoms with Crippen LogP contribution in [-0.4, -0.2) is 49.6 Å². The van der Waals surface area contributed by atoms with Crippen LogP contribution in [0.2, 0.25) is 0 Å². The number of imide groups is 1. The Balaban J connectivity index is 2.23. The van der Waals surface area contributed by atoms with Crippen LogP contribution in [0.5, 0.6) is 0 Å². The summed E-state index contributed by atoms with van der Waals surface area (Å²) in [6.07, 6.45) is 2.01. The normalized spacial score (nSPS) is 15.6. The summed E-state index contributed by atoms with van der Waals surface area (Å²) < 4.78 is 0. The maximum Gasteiger partial charge on any atom is 0.321 e. The topological polar surface area (TPSA) is 87.5 Å². The molecule has 0 spiro atoms. The molecule has 0 unspecified atom stereocenters. The molecule has 1 rings (SSSR count). The summed E-state index contributed by atoms with van der Waals surface area (Å²) in [5.74, 6) is -0.288. The Morgan fingerprint density at radius 1 is 1.39 bits per heavy atom. The first-order chi connectivity index (χ1) is 8.32. The molecule has 1 aliphatic rings. The molecule has 6 nitrogen and oxygen atoms in total. The van der Waals surface area contributed by atoms with Gasteiger partial charge in [0, 0.05) is 12.6 Å². The molecule has 1 saturated carbocycles. The highest BCUT2D eigenvalue weighted by atomic mass is 16.2. The summed E-state index contributed by atoms with van der Waals surface area (Å²) >= 11 is 0. The van der Waals surface area contributed by atoms with Gasteiger partial charge in [0.2, 0.25) is 5.91 Å². The number of hydrogen-bond donors (Lipinski definition) is 3. The monoisotopic (exact) mass is 256 g/mol. The number of carbonyl (C=O) groups excluding carboxylic acids is 2. The van der Waals surface area contributed by atoms with Crippen LogP contribution in [0.4, 0.5) is 4.79 Å². The molecule has 0 aromatic heterocycles. The van der Waals surface area contributed by atoms with Crippen molar-refractivity contribution in [1.82, 2.24) is 15.5 Å². The van der Waals surface area contributed by atoms with Crippen molar-refractivity contribution >= 4 is 11.9 Å². The fourth-order valence-corrected chi connectivity index (χ4v) is 1.71. The van der Waals surface area contributed by atoms with Gasteiger partial charge in [-0.15, -0.1) is 0 Å². The lowest BCUT2D eigenvalue weighted by Gasteiger charge is -2.28. The summed E-state index contributed by atoms with van der Waals surface area (Å²) in [6, 6.07) is -0.138. The fraction of sp³-hybridized carbons (Fsp3) is 0.833. The van der Waals surface area contributed by atoms with Crippen LogP contribution in [-0.2, 0) is 4.79 Å². The highest BCUT2D eigenvalue weighted by Crippen LogP contribution is 2.18. The first-order valence-electron chi connectivity index (χ1n) is 6.31. The van der Waals surface area contributed by atoms with Crippen molar-refractivity contribution in [2.24, 2.45) is 11.1 Å². The third kappa shape index (κ3) is 5.97. The molecule has 3 amide bonds. The lowest BCUT2D eigenvalue weighted by atomic mass is 9.93. The van der Waals surface area contributed by atoms with E-state index in [2.05, 4.69) is 10.6 Å². The summed E-state index contributed by atoms with van der Waals surface area (Å²) in [4.78, 5) is 24.8. The van der Waals surface area contributed by atoms with Gasteiger partial charge >= 0.3 is 6.03 Å². The highest BCUT2D eigenvalue weighted by molar-refractivity contribution is 5.95. The Bertz CT molecular complexity index is 313. The van der Waals surface area contributed by atoms with Crippen molar-refractivity contribution in [1.29, 1.82) is 0 Å². The number of rotatable bonds is 6. The van der Waals surface area contributed by atoms with Crippen LogP contribution in [0.25, 0.3) is 0 Å². The number of nitrogens with zero attached hydrogens (tertiary/aromatic N) is 1.